The Labute approximate surface area is 102 Å². The Morgan fingerprint density at radius 2 is 2.24 bits per heavy atom. The Balaban J connectivity index is 2.89. The lowest BCUT2D eigenvalue weighted by atomic mass is 9.82. The van der Waals surface area contributed by atoms with Crippen molar-refractivity contribution < 1.29 is 14.6 Å². The zero-order valence-electron chi connectivity index (χ0n) is 10.5. The molecule has 96 valence electrons. The second-order valence-corrected chi connectivity index (χ2v) is 4.31. The third kappa shape index (κ3) is 2.59. The first-order chi connectivity index (χ1) is 8.15. The van der Waals surface area contributed by atoms with E-state index in [9.17, 15) is 15.2 Å². The Morgan fingerprint density at radius 3 is 2.71 bits per heavy atom. The molecule has 0 spiro atoms. The SMILES string of the molecule is CCC(C#N)(CC)C(=O)N1CCOCC1CO. The molecule has 0 saturated carbocycles. The van der Waals surface area contributed by atoms with Crippen LogP contribution in [0.2, 0.25) is 0 Å². The number of hydrogen-bond acceptors (Lipinski definition) is 4. The van der Waals surface area contributed by atoms with Crippen molar-refractivity contribution >= 4 is 5.91 Å². The zero-order valence-corrected chi connectivity index (χ0v) is 10.5. The van der Waals surface area contributed by atoms with Crippen molar-refractivity contribution in [3.8, 4) is 6.07 Å². The number of nitriles is 1. The van der Waals surface area contributed by atoms with Crippen molar-refractivity contribution in [3.05, 3.63) is 0 Å². The number of ether oxygens (including phenoxy) is 1. The van der Waals surface area contributed by atoms with Crippen LogP contribution < -0.4 is 0 Å². The van der Waals surface area contributed by atoms with Crippen LogP contribution in [0.4, 0.5) is 0 Å². The molecule has 0 aromatic heterocycles. The van der Waals surface area contributed by atoms with Crippen LogP contribution in [-0.2, 0) is 9.53 Å². The first-order valence-corrected chi connectivity index (χ1v) is 6.06. The predicted octanol–water partition coefficient (Wildman–Crippen LogP) is 0.536. The van der Waals surface area contributed by atoms with Crippen molar-refractivity contribution in [2.45, 2.75) is 32.7 Å². The standard InChI is InChI=1S/C12H20N2O3/c1-3-12(4-2,9-13)11(16)14-5-6-17-8-10(14)7-15/h10,15H,3-8H2,1-2H3. The number of carbonyl (C=O) groups is 1. The summed E-state index contributed by atoms with van der Waals surface area (Å²) in [6.07, 6.45) is 0.989. The Hall–Kier alpha value is -1.12. The molecule has 1 N–H and O–H groups in total. The highest BCUT2D eigenvalue weighted by Gasteiger charge is 2.41. The van der Waals surface area contributed by atoms with E-state index in [1.165, 1.54) is 0 Å². The average molecular weight is 240 g/mol. The lowest BCUT2D eigenvalue weighted by molar-refractivity contribution is -0.150. The van der Waals surface area contributed by atoms with Gasteiger partial charge in [-0.2, -0.15) is 5.26 Å². The summed E-state index contributed by atoms with van der Waals surface area (Å²) in [6.45, 7) is 4.83. The minimum atomic E-state index is -0.954. The van der Waals surface area contributed by atoms with Gasteiger partial charge in [0, 0.05) is 6.54 Å². The van der Waals surface area contributed by atoms with E-state index in [0.717, 1.165) is 0 Å². The van der Waals surface area contributed by atoms with Gasteiger partial charge in [-0.05, 0) is 12.8 Å². The van der Waals surface area contributed by atoms with E-state index in [4.69, 9.17) is 4.74 Å². The number of aliphatic hydroxyl groups is 1. The highest BCUT2D eigenvalue weighted by Crippen LogP contribution is 2.29. The van der Waals surface area contributed by atoms with Gasteiger partial charge in [-0.25, -0.2) is 0 Å². The maximum absolute atomic E-state index is 12.4. The maximum Gasteiger partial charge on any atom is 0.243 e. The largest absolute Gasteiger partial charge is 0.394 e. The van der Waals surface area contributed by atoms with Crippen molar-refractivity contribution in [1.29, 1.82) is 5.26 Å². The van der Waals surface area contributed by atoms with Crippen LogP contribution in [0, 0.1) is 16.7 Å². The van der Waals surface area contributed by atoms with Crippen LogP contribution in [-0.4, -0.2) is 48.3 Å². The predicted molar refractivity (Wildman–Crippen MR) is 62.0 cm³/mol. The molecule has 0 radical (unpaired) electrons. The van der Waals surface area contributed by atoms with E-state index in [1.807, 2.05) is 13.8 Å². The second kappa shape index (κ2) is 5.99. The monoisotopic (exact) mass is 240 g/mol. The number of nitrogens with zero attached hydrogens (tertiary/aromatic N) is 2. The number of morpholine rings is 1. The van der Waals surface area contributed by atoms with E-state index in [0.29, 0.717) is 32.6 Å². The van der Waals surface area contributed by atoms with Crippen LogP contribution in [0.25, 0.3) is 0 Å². The summed E-state index contributed by atoms with van der Waals surface area (Å²) in [6, 6.07) is 1.83. The summed E-state index contributed by atoms with van der Waals surface area (Å²) in [5, 5.41) is 18.5. The lowest BCUT2D eigenvalue weighted by Gasteiger charge is -2.38. The zero-order chi connectivity index (χ0) is 12.9. The molecule has 5 nitrogen and oxygen atoms in total. The fourth-order valence-electron chi connectivity index (χ4n) is 2.11. The summed E-state index contributed by atoms with van der Waals surface area (Å²) in [5.74, 6) is -0.174. The molecular weight excluding hydrogens is 220 g/mol. The van der Waals surface area contributed by atoms with Gasteiger partial charge in [0.1, 0.15) is 5.41 Å². The first-order valence-electron chi connectivity index (χ1n) is 6.06. The molecular formula is C12H20N2O3. The molecule has 1 aliphatic rings. The van der Waals surface area contributed by atoms with Gasteiger partial charge in [0.2, 0.25) is 5.91 Å². The molecule has 1 rings (SSSR count). The Bertz CT molecular complexity index is 307. The van der Waals surface area contributed by atoms with Crippen molar-refractivity contribution in [3.63, 3.8) is 0 Å². The molecule has 17 heavy (non-hydrogen) atoms. The Kier molecular flexibility index (Phi) is 4.91. The van der Waals surface area contributed by atoms with Crippen LogP contribution >= 0.6 is 0 Å². The number of rotatable bonds is 4. The van der Waals surface area contributed by atoms with Crippen molar-refractivity contribution in [2.24, 2.45) is 5.41 Å². The number of carbonyl (C=O) groups excluding carboxylic acids is 1. The molecule has 1 heterocycles. The summed E-state index contributed by atoms with van der Waals surface area (Å²) < 4.78 is 5.23. The molecule has 5 heteroatoms. The van der Waals surface area contributed by atoms with Crippen LogP contribution in [0.5, 0.6) is 0 Å². The normalized spacial score (nSPS) is 21.1. The molecule has 1 unspecified atom stereocenters. The highest BCUT2D eigenvalue weighted by atomic mass is 16.5. The van der Waals surface area contributed by atoms with Crippen molar-refractivity contribution in [1.82, 2.24) is 4.90 Å². The number of aliphatic hydroxyl groups excluding tert-OH is 1. The lowest BCUT2D eigenvalue weighted by Crippen LogP contribution is -2.55. The molecule has 0 aliphatic carbocycles. The first kappa shape index (κ1) is 13.9. The molecule has 1 amide bonds. The van der Waals surface area contributed by atoms with Gasteiger partial charge in [0.05, 0.1) is 31.9 Å². The fraction of sp³-hybridized carbons (Fsp3) is 0.833. The maximum atomic E-state index is 12.4. The van der Waals surface area contributed by atoms with Crippen LogP contribution in [0.1, 0.15) is 26.7 Å². The van der Waals surface area contributed by atoms with E-state index < -0.39 is 5.41 Å². The van der Waals surface area contributed by atoms with Crippen LogP contribution in [0.15, 0.2) is 0 Å². The quantitative estimate of drug-likeness (QED) is 0.778. The van der Waals surface area contributed by atoms with Gasteiger partial charge in [0.15, 0.2) is 0 Å². The third-order valence-electron chi connectivity index (χ3n) is 3.53. The number of hydrogen-bond donors (Lipinski definition) is 1. The molecule has 1 fully saturated rings. The smallest absolute Gasteiger partial charge is 0.243 e. The summed E-state index contributed by atoms with van der Waals surface area (Å²) in [4.78, 5) is 14.0. The molecule has 0 aromatic rings. The van der Waals surface area contributed by atoms with E-state index in [-0.39, 0.29) is 18.6 Å². The molecule has 0 bridgehead atoms. The van der Waals surface area contributed by atoms with Gasteiger partial charge < -0.3 is 14.7 Å². The molecule has 1 atom stereocenters. The van der Waals surface area contributed by atoms with E-state index >= 15 is 0 Å². The minimum absolute atomic E-state index is 0.124. The average Bonchev–Trinajstić information content (AvgIpc) is 2.41. The fourth-order valence-corrected chi connectivity index (χ4v) is 2.11. The van der Waals surface area contributed by atoms with Crippen LogP contribution in [0.3, 0.4) is 0 Å². The van der Waals surface area contributed by atoms with Gasteiger partial charge in [-0.3, -0.25) is 4.79 Å². The van der Waals surface area contributed by atoms with Gasteiger partial charge in [0.25, 0.3) is 0 Å². The highest BCUT2D eigenvalue weighted by molar-refractivity contribution is 5.85. The topological polar surface area (TPSA) is 73.6 Å². The van der Waals surface area contributed by atoms with E-state index in [1.54, 1.807) is 4.90 Å². The Morgan fingerprint density at radius 1 is 1.59 bits per heavy atom. The molecule has 0 aromatic carbocycles. The number of amides is 1. The van der Waals surface area contributed by atoms with Gasteiger partial charge in [-0.1, -0.05) is 13.8 Å². The van der Waals surface area contributed by atoms with Gasteiger partial charge in [-0.15, -0.1) is 0 Å². The second-order valence-electron chi connectivity index (χ2n) is 4.31. The minimum Gasteiger partial charge on any atom is -0.394 e. The summed E-state index contributed by atoms with van der Waals surface area (Å²) in [7, 11) is 0. The third-order valence-corrected chi connectivity index (χ3v) is 3.53. The molecule has 1 aliphatic heterocycles. The molecule has 1 saturated heterocycles. The van der Waals surface area contributed by atoms with E-state index in [2.05, 4.69) is 6.07 Å². The van der Waals surface area contributed by atoms with Gasteiger partial charge >= 0.3 is 0 Å². The van der Waals surface area contributed by atoms with Crippen molar-refractivity contribution in [2.75, 3.05) is 26.4 Å². The summed E-state index contributed by atoms with van der Waals surface area (Å²) >= 11 is 0. The summed E-state index contributed by atoms with van der Waals surface area (Å²) in [5.41, 5.74) is -0.954.